The molecule has 29 heavy (non-hydrogen) atoms. The summed E-state index contributed by atoms with van der Waals surface area (Å²) in [6, 6.07) is 8.72. The average molecular weight is 418 g/mol. The van der Waals surface area contributed by atoms with Crippen LogP contribution in [0.15, 0.2) is 40.9 Å². The molecule has 0 spiro atoms. The lowest BCUT2D eigenvalue weighted by Crippen LogP contribution is -2.15. The quantitative estimate of drug-likeness (QED) is 0.454. The molecule has 0 fully saturated rings. The molecule has 0 unspecified atom stereocenters. The molecule has 0 amide bonds. The van der Waals surface area contributed by atoms with Crippen molar-refractivity contribution in [1.82, 2.24) is 5.16 Å². The molecule has 0 N–H and O–H groups in total. The maximum absolute atomic E-state index is 14.2. The molecule has 2 aromatic carbocycles. The number of carbonyl (C=O) groups excluding carboxylic acids is 2. The Labute approximate surface area is 168 Å². The molecule has 0 saturated heterocycles. The van der Waals surface area contributed by atoms with E-state index in [0.29, 0.717) is 17.1 Å². The monoisotopic (exact) mass is 417 g/mol. The van der Waals surface area contributed by atoms with Crippen LogP contribution in [0.5, 0.6) is 11.5 Å². The lowest BCUT2D eigenvalue weighted by atomic mass is 10.1. The Balaban J connectivity index is 1.54. The number of hydrogen-bond acceptors (Lipinski definition) is 7. The van der Waals surface area contributed by atoms with Crippen molar-refractivity contribution in [3.8, 4) is 22.8 Å². The second-order valence-electron chi connectivity index (χ2n) is 6.13. The van der Waals surface area contributed by atoms with Crippen molar-refractivity contribution >= 4 is 23.4 Å². The molecule has 0 bridgehead atoms. The van der Waals surface area contributed by atoms with E-state index in [1.54, 1.807) is 12.1 Å². The number of esters is 1. The lowest BCUT2D eigenvalue weighted by molar-refractivity contribution is 0.0473. The number of hydrogen-bond donors (Lipinski definition) is 0. The van der Waals surface area contributed by atoms with Gasteiger partial charge in [-0.2, -0.15) is 0 Å². The largest absolute Gasteiger partial charge is 0.454 e. The number of aryl methyl sites for hydroxylation is 1. The number of nitrogens with zero attached hydrogens (tertiary/aromatic N) is 1. The van der Waals surface area contributed by atoms with Gasteiger partial charge in [-0.15, -0.1) is 0 Å². The van der Waals surface area contributed by atoms with Gasteiger partial charge in [-0.3, -0.25) is 4.79 Å². The minimum Gasteiger partial charge on any atom is -0.454 e. The van der Waals surface area contributed by atoms with Gasteiger partial charge in [0.25, 0.3) is 0 Å². The maximum Gasteiger partial charge on any atom is 0.344 e. The van der Waals surface area contributed by atoms with Gasteiger partial charge >= 0.3 is 5.97 Å². The Morgan fingerprint density at radius 1 is 1.21 bits per heavy atom. The van der Waals surface area contributed by atoms with Gasteiger partial charge in [0.1, 0.15) is 22.8 Å². The predicted molar refractivity (Wildman–Crippen MR) is 98.8 cm³/mol. The molecule has 0 saturated carbocycles. The van der Waals surface area contributed by atoms with Gasteiger partial charge in [-0.25, -0.2) is 9.18 Å². The molecular formula is C20H13ClFNO6. The van der Waals surface area contributed by atoms with Crippen LogP contribution in [0, 0.1) is 12.7 Å². The Hall–Kier alpha value is -3.39. The van der Waals surface area contributed by atoms with E-state index in [1.165, 1.54) is 31.2 Å². The van der Waals surface area contributed by atoms with Crippen molar-refractivity contribution < 1.29 is 32.7 Å². The zero-order chi connectivity index (χ0) is 20.5. The third kappa shape index (κ3) is 3.54. The minimum atomic E-state index is -0.882. The smallest absolute Gasteiger partial charge is 0.344 e. The van der Waals surface area contributed by atoms with Crippen LogP contribution in [0.4, 0.5) is 4.39 Å². The van der Waals surface area contributed by atoms with Crippen LogP contribution in [0.25, 0.3) is 11.3 Å². The van der Waals surface area contributed by atoms with Gasteiger partial charge < -0.3 is 18.7 Å². The average Bonchev–Trinajstić information content (AvgIpc) is 3.31. The van der Waals surface area contributed by atoms with E-state index < -0.39 is 24.2 Å². The van der Waals surface area contributed by atoms with Crippen LogP contribution < -0.4 is 9.47 Å². The summed E-state index contributed by atoms with van der Waals surface area (Å²) in [5.74, 6) is -0.918. The molecule has 0 atom stereocenters. The van der Waals surface area contributed by atoms with Crippen LogP contribution in [0.2, 0.25) is 5.02 Å². The normalized spacial score (nSPS) is 12.1. The molecule has 4 rings (SSSR count). The number of ether oxygens (including phenoxy) is 3. The second-order valence-corrected chi connectivity index (χ2v) is 6.53. The van der Waals surface area contributed by atoms with E-state index >= 15 is 0 Å². The lowest BCUT2D eigenvalue weighted by Gasteiger charge is -2.07. The van der Waals surface area contributed by atoms with E-state index in [0.717, 1.165) is 0 Å². The minimum absolute atomic E-state index is 0.0591. The Morgan fingerprint density at radius 2 is 2.00 bits per heavy atom. The summed E-state index contributed by atoms with van der Waals surface area (Å²) in [6.07, 6.45) is 0. The van der Waals surface area contributed by atoms with Gasteiger partial charge in [0.05, 0.1) is 10.6 Å². The maximum atomic E-state index is 14.2. The molecule has 148 valence electrons. The molecule has 9 heteroatoms. The molecule has 7 nitrogen and oxygen atoms in total. The topological polar surface area (TPSA) is 87.9 Å². The number of benzene rings is 2. The van der Waals surface area contributed by atoms with E-state index in [1.807, 2.05) is 0 Å². The number of fused-ring (bicyclic) bond motifs is 1. The van der Waals surface area contributed by atoms with Crippen LogP contribution in [-0.4, -0.2) is 30.3 Å². The van der Waals surface area contributed by atoms with Gasteiger partial charge in [0.15, 0.2) is 23.9 Å². The highest BCUT2D eigenvalue weighted by Gasteiger charge is 2.27. The van der Waals surface area contributed by atoms with Crippen molar-refractivity contribution in [2.75, 3.05) is 13.4 Å². The molecule has 1 aliphatic heterocycles. The van der Waals surface area contributed by atoms with E-state index in [2.05, 4.69) is 5.16 Å². The summed E-state index contributed by atoms with van der Waals surface area (Å²) < 4.78 is 34.8. The summed E-state index contributed by atoms with van der Waals surface area (Å²) in [7, 11) is 0. The van der Waals surface area contributed by atoms with E-state index in [-0.39, 0.29) is 34.4 Å². The Morgan fingerprint density at radius 3 is 2.79 bits per heavy atom. The predicted octanol–water partition coefficient (Wildman–Crippen LogP) is 4.21. The Kier molecular flexibility index (Phi) is 4.94. The molecule has 1 aromatic heterocycles. The van der Waals surface area contributed by atoms with Crippen LogP contribution >= 0.6 is 11.6 Å². The van der Waals surface area contributed by atoms with Crippen LogP contribution in [-0.2, 0) is 4.74 Å². The van der Waals surface area contributed by atoms with Crippen molar-refractivity contribution in [1.29, 1.82) is 0 Å². The van der Waals surface area contributed by atoms with Crippen molar-refractivity contribution in [3.05, 3.63) is 64.1 Å². The fourth-order valence-corrected chi connectivity index (χ4v) is 3.12. The van der Waals surface area contributed by atoms with E-state index in [9.17, 15) is 14.0 Å². The third-order valence-electron chi connectivity index (χ3n) is 4.30. The zero-order valence-corrected chi connectivity index (χ0v) is 15.8. The van der Waals surface area contributed by atoms with Crippen molar-refractivity contribution in [3.63, 3.8) is 0 Å². The number of carbonyl (C=O) groups is 2. The van der Waals surface area contributed by atoms with Gasteiger partial charge in [-0.1, -0.05) is 22.8 Å². The third-order valence-corrected chi connectivity index (χ3v) is 4.61. The zero-order valence-electron chi connectivity index (χ0n) is 15.0. The van der Waals surface area contributed by atoms with Crippen molar-refractivity contribution in [2.24, 2.45) is 0 Å². The molecule has 3 aromatic rings. The number of halogens is 2. The van der Waals surface area contributed by atoms with Crippen molar-refractivity contribution in [2.45, 2.75) is 6.92 Å². The van der Waals surface area contributed by atoms with Crippen LogP contribution in [0.1, 0.15) is 26.5 Å². The molecule has 0 aliphatic carbocycles. The second kappa shape index (κ2) is 7.56. The van der Waals surface area contributed by atoms with Gasteiger partial charge in [0, 0.05) is 5.56 Å². The number of Topliss-reactive ketones (excluding diaryl/α,β-unsaturated/α-hetero) is 1. The molecule has 2 heterocycles. The highest BCUT2D eigenvalue weighted by atomic mass is 35.5. The number of aromatic nitrogens is 1. The molecule has 1 aliphatic rings. The van der Waals surface area contributed by atoms with Gasteiger partial charge in [-0.05, 0) is 37.3 Å². The first kappa shape index (κ1) is 18.9. The highest BCUT2D eigenvalue weighted by molar-refractivity contribution is 6.33. The summed E-state index contributed by atoms with van der Waals surface area (Å²) in [6.45, 7) is 1.02. The summed E-state index contributed by atoms with van der Waals surface area (Å²) >= 11 is 6.05. The van der Waals surface area contributed by atoms with Crippen LogP contribution in [0.3, 0.4) is 0 Å². The summed E-state index contributed by atoms with van der Waals surface area (Å²) in [5.41, 5.74) is 0.0168. The number of rotatable bonds is 5. The van der Waals surface area contributed by atoms with Gasteiger partial charge in [0.2, 0.25) is 6.79 Å². The first-order chi connectivity index (χ1) is 14.0. The first-order valence-electron chi connectivity index (χ1n) is 8.46. The molecular weight excluding hydrogens is 405 g/mol. The molecule has 0 radical (unpaired) electrons. The first-order valence-corrected chi connectivity index (χ1v) is 8.84. The fourth-order valence-electron chi connectivity index (χ4n) is 2.86. The Bertz CT molecular complexity index is 1110. The SMILES string of the molecule is Cc1onc(-c2c(F)cccc2Cl)c1C(=O)OCC(=O)c1ccc2c(c1)OCO2. The summed E-state index contributed by atoms with van der Waals surface area (Å²) in [5, 5.41) is 3.80. The van der Waals surface area contributed by atoms with E-state index in [4.69, 9.17) is 30.3 Å². The fraction of sp³-hybridized carbons (Fsp3) is 0.150. The number of ketones is 1. The standard InChI is InChI=1S/C20H13ClFNO6/c1-10-17(19(23-29-10)18-12(21)3-2-4-13(18)22)20(25)26-8-14(24)11-5-6-15-16(7-11)28-9-27-15/h2-7H,8-9H2,1H3. The summed E-state index contributed by atoms with van der Waals surface area (Å²) in [4.78, 5) is 25.0. The highest BCUT2D eigenvalue weighted by Crippen LogP contribution is 2.34.